The molecule has 1 saturated heterocycles. The van der Waals surface area contributed by atoms with Gasteiger partial charge in [0.25, 0.3) is 5.56 Å². The first-order valence-corrected chi connectivity index (χ1v) is 12.3. The van der Waals surface area contributed by atoms with Crippen molar-refractivity contribution < 1.29 is 4.39 Å². The quantitative estimate of drug-likeness (QED) is 0.409. The Morgan fingerprint density at radius 3 is 2.67 bits per heavy atom. The third kappa shape index (κ3) is 4.01. The van der Waals surface area contributed by atoms with Gasteiger partial charge in [0.2, 0.25) is 5.95 Å². The molecule has 10 nitrogen and oxygen atoms in total. The topological polar surface area (TPSA) is 99.8 Å². The minimum atomic E-state index is -0.546. The van der Waals surface area contributed by atoms with Gasteiger partial charge in [0, 0.05) is 62.7 Å². The van der Waals surface area contributed by atoms with Gasteiger partial charge in [0.05, 0.1) is 23.9 Å². The molecule has 1 aliphatic heterocycles. The lowest BCUT2D eigenvalue weighted by molar-refractivity contribution is 0.0985. The molecule has 0 spiro atoms. The average Bonchev–Trinajstić information content (AvgIpc) is 3.47. The maximum absolute atomic E-state index is 13.6. The van der Waals surface area contributed by atoms with Crippen LogP contribution in [0.4, 0.5) is 10.2 Å². The van der Waals surface area contributed by atoms with Crippen LogP contribution in [0.25, 0.3) is 11.3 Å². The summed E-state index contributed by atoms with van der Waals surface area (Å²) in [5, 5.41) is 17.6. The van der Waals surface area contributed by atoms with Crippen molar-refractivity contribution in [2.45, 2.75) is 58.2 Å². The fraction of sp³-hybridized carbons (Fsp3) is 0.480. The van der Waals surface area contributed by atoms with Crippen molar-refractivity contribution >= 4 is 17.1 Å². The van der Waals surface area contributed by atoms with E-state index in [-0.39, 0.29) is 30.1 Å². The number of halogens is 1. The summed E-state index contributed by atoms with van der Waals surface area (Å²) >= 11 is 0. The Bertz CT molecular complexity index is 1510. The highest BCUT2D eigenvalue weighted by atomic mass is 19.1. The third-order valence-corrected chi connectivity index (χ3v) is 7.36. The fourth-order valence-electron chi connectivity index (χ4n) is 5.29. The van der Waals surface area contributed by atoms with Crippen LogP contribution in [0, 0.1) is 17.3 Å². The first-order chi connectivity index (χ1) is 17.3. The fourth-order valence-corrected chi connectivity index (χ4v) is 5.29. The zero-order valence-corrected chi connectivity index (χ0v) is 21.0. The van der Waals surface area contributed by atoms with Gasteiger partial charge >= 0.3 is 0 Å². The summed E-state index contributed by atoms with van der Waals surface area (Å²) in [6.45, 7) is 7.94. The lowest BCUT2D eigenvalue weighted by atomic mass is 9.99. The van der Waals surface area contributed by atoms with Gasteiger partial charge in [-0.1, -0.05) is 13.8 Å². The number of hydrogen-bond donors (Lipinski definition) is 0. The minimum Gasteiger partial charge on any atom is -0.351 e. The number of aryl methyl sites for hydroxylation is 1. The Hall–Kier alpha value is -3.78. The Kier molecular flexibility index (Phi) is 6.22. The van der Waals surface area contributed by atoms with Gasteiger partial charge in [-0.05, 0) is 25.8 Å². The molecule has 188 valence electrons. The van der Waals surface area contributed by atoms with Crippen LogP contribution in [0.1, 0.15) is 51.0 Å². The molecule has 0 amide bonds. The predicted molar refractivity (Wildman–Crippen MR) is 133 cm³/mol. The van der Waals surface area contributed by atoms with E-state index in [1.807, 2.05) is 12.1 Å². The van der Waals surface area contributed by atoms with Crippen LogP contribution >= 0.6 is 0 Å². The second-order valence-electron chi connectivity index (χ2n) is 9.41. The summed E-state index contributed by atoms with van der Waals surface area (Å²) in [7, 11) is 1.72. The largest absolute Gasteiger partial charge is 0.351 e. The van der Waals surface area contributed by atoms with E-state index in [4.69, 9.17) is 5.26 Å². The van der Waals surface area contributed by atoms with Crippen LogP contribution in [-0.2, 0) is 13.5 Å². The monoisotopic (exact) mass is 491 g/mol. The highest BCUT2D eigenvalue weighted by Crippen LogP contribution is 2.31. The van der Waals surface area contributed by atoms with E-state index in [1.165, 1.54) is 10.6 Å². The molecule has 1 aliphatic rings. The molecule has 1 fully saturated rings. The Labute approximate surface area is 208 Å². The van der Waals surface area contributed by atoms with Gasteiger partial charge < -0.3 is 4.90 Å². The normalized spacial score (nSPS) is 19.7. The van der Waals surface area contributed by atoms with Gasteiger partial charge in [-0.3, -0.25) is 14.3 Å². The van der Waals surface area contributed by atoms with E-state index in [0.717, 1.165) is 37.4 Å². The minimum absolute atomic E-state index is 0.0182. The Balaban J connectivity index is 1.50. The molecule has 0 aliphatic carbocycles. The van der Waals surface area contributed by atoms with Crippen molar-refractivity contribution in [3.8, 4) is 6.07 Å². The molecule has 4 aromatic rings. The van der Waals surface area contributed by atoms with Crippen LogP contribution < -0.4 is 10.5 Å². The molecule has 5 heterocycles. The van der Waals surface area contributed by atoms with E-state index in [2.05, 4.69) is 51.8 Å². The number of nitrogens with zero attached hydrogens (tertiary/aromatic N) is 9. The maximum atomic E-state index is 13.6. The zero-order valence-electron chi connectivity index (χ0n) is 21.0. The second-order valence-corrected chi connectivity index (χ2v) is 9.41. The van der Waals surface area contributed by atoms with Crippen molar-refractivity contribution in [3.05, 3.63) is 58.2 Å². The van der Waals surface area contributed by atoms with Crippen LogP contribution in [0.5, 0.6) is 0 Å². The third-order valence-electron chi connectivity index (χ3n) is 7.36. The maximum Gasteiger partial charge on any atom is 0.255 e. The highest BCUT2D eigenvalue weighted by Gasteiger charge is 2.37. The van der Waals surface area contributed by atoms with Crippen molar-refractivity contribution in [2.75, 3.05) is 18.0 Å². The summed E-state index contributed by atoms with van der Waals surface area (Å²) in [6, 6.07) is 9.21. The summed E-state index contributed by atoms with van der Waals surface area (Å²) in [4.78, 5) is 22.3. The van der Waals surface area contributed by atoms with Crippen LogP contribution in [0.2, 0.25) is 0 Å². The number of fused-ring (bicyclic) bond motifs is 2. The molecule has 5 rings (SSSR count). The lowest BCUT2D eigenvalue weighted by Crippen LogP contribution is -2.59. The van der Waals surface area contributed by atoms with E-state index in [1.54, 1.807) is 28.4 Å². The standard InChI is InChI=1S/C25H30FN9O/c1-5-18-15-33(24-13-25(36)31(4)23-11-17(7-9-27)29-35(23)24)19(6-2)14-32(18)16(3)20-8-10-34-22(28-20)12-21(26)30-34/h8,10-13,16,18-19H,5-7,14-15H2,1-4H3/t16-,18+,19-/m0/s1. The molecular weight excluding hydrogens is 461 g/mol. The van der Waals surface area contributed by atoms with Crippen LogP contribution in [0.15, 0.2) is 35.3 Å². The van der Waals surface area contributed by atoms with E-state index >= 15 is 0 Å². The Morgan fingerprint density at radius 1 is 1.17 bits per heavy atom. The molecule has 11 heteroatoms. The molecule has 0 bridgehead atoms. The van der Waals surface area contributed by atoms with E-state index in [9.17, 15) is 9.18 Å². The smallest absolute Gasteiger partial charge is 0.255 e. The van der Waals surface area contributed by atoms with Gasteiger partial charge in [-0.15, -0.1) is 5.10 Å². The molecule has 0 saturated carbocycles. The predicted octanol–water partition coefficient (Wildman–Crippen LogP) is 2.72. The summed E-state index contributed by atoms with van der Waals surface area (Å²) in [5.74, 6) is 0.208. The summed E-state index contributed by atoms with van der Waals surface area (Å²) < 4.78 is 18.4. The van der Waals surface area contributed by atoms with Crippen molar-refractivity contribution in [3.63, 3.8) is 0 Å². The Morgan fingerprint density at radius 2 is 1.94 bits per heavy atom. The van der Waals surface area contributed by atoms with Gasteiger partial charge in [-0.25, -0.2) is 14.0 Å². The summed E-state index contributed by atoms with van der Waals surface area (Å²) in [5.41, 5.74) is 2.57. The van der Waals surface area contributed by atoms with Crippen LogP contribution in [0.3, 0.4) is 0 Å². The molecule has 3 atom stereocenters. The number of anilines is 1. The van der Waals surface area contributed by atoms with E-state index < -0.39 is 5.95 Å². The van der Waals surface area contributed by atoms with E-state index in [0.29, 0.717) is 17.0 Å². The first-order valence-electron chi connectivity index (χ1n) is 12.3. The number of nitriles is 1. The van der Waals surface area contributed by atoms with Crippen molar-refractivity contribution in [1.82, 2.24) is 33.7 Å². The zero-order chi connectivity index (χ0) is 25.6. The first kappa shape index (κ1) is 23.9. The number of piperazine rings is 1. The summed E-state index contributed by atoms with van der Waals surface area (Å²) in [6.07, 6.45) is 3.73. The lowest BCUT2D eigenvalue weighted by Gasteiger charge is -2.49. The van der Waals surface area contributed by atoms with Gasteiger partial charge in [0.15, 0.2) is 5.65 Å². The molecular formula is C25H30FN9O. The SMILES string of the molecule is CC[C@H]1CN([C@@H](C)c2ccn3nc(F)cc3n2)[C@H](CC)CN1c1cc(=O)n(C)c2cc(CC#N)nn12. The van der Waals surface area contributed by atoms with Crippen molar-refractivity contribution in [2.24, 2.45) is 7.05 Å². The molecule has 0 unspecified atom stereocenters. The van der Waals surface area contributed by atoms with Crippen LogP contribution in [-0.4, -0.2) is 58.9 Å². The average molecular weight is 492 g/mol. The number of rotatable bonds is 6. The molecule has 0 aromatic carbocycles. The highest BCUT2D eigenvalue weighted by molar-refractivity contribution is 5.52. The number of hydrogen-bond acceptors (Lipinski definition) is 7. The molecule has 0 radical (unpaired) electrons. The molecule has 36 heavy (non-hydrogen) atoms. The second kappa shape index (κ2) is 9.35. The molecule has 0 N–H and O–H groups in total. The number of aromatic nitrogens is 6. The van der Waals surface area contributed by atoms with Crippen molar-refractivity contribution in [1.29, 1.82) is 5.26 Å². The van der Waals surface area contributed by atoms with Gasteiger partial charge in [0.1, 0.15) is 11.5 Å². The van der Waals surface area contributed by atoms with Gasteiger partial charge in [-0.2, -0.15) is 14.8 Å². The molecule has 4 aromatic heterocycles.